The third-order valence-electron chi connectivity index (χ3n) is 6.28. The molecule has 0 spiro atoms. The molecule has 1 aliphatic heterocycles. The van der Waals surface area contributed by atoms with E-state index in [1.54, 1.807) is 18.2 Å². The second-order valence-electron chi connectivity index (χ2n) is 8.89. The first-order valence-corrected chi connectivity index (χ1v) is 14.0. The maximum Gasteiger partial charge on any atom is 0.324 e. The van der Waals surface area contributed by atoms with Crippen molar-refractivity contribution in [3.63, 3.8) is 0 Å². The summed E-state index contributed by atoms with van der Waals surface area (Å²) in [7, 11) is -4.29. The van der Waals surface area contributed by atoms with Crippen molar-refractivity contribution in [2.45, 2.75) is 11.8 Å². The zero-order valence-electron chi connectivity index (χ0n) is 20.3. The molecule has 2 N–H and O–H groups in total. The summed E-state index contributed by atoms with van der Waals surface area (Å²) in [5.74, 6) is 0.159. The van der Waals surface area contributed by atoms with Gasteiger partial charge in [-0.15, -0.1) is 10.2 Å². The molecule has 1 fully saturated rings. The van der Waals surface area contributed by atoms with E-state index in [0.29, 0.717) is 11.2 Å². The predicted molar refractivity (Wildman–Crippen MR) is 147 cm³/mol. The Morgan fingerprint density at radius 3 is 2.42 bits per heavy atom. The van der Waals surface area contributed by atoms with Gasteiger partial charge in [-0.2, -0.15) is 0 Å². The van der Waals surface area contributed by atoms with E-state index in [9.17, 15) is 18.3 Å². The minimum atomic E-state index is -4.29. The van der Waals surface area contributed by atoms with Crippen molar-refractivity contribution in [3.05, 3.63) is 70.3 Å². The van der Waals surface area contributed by atoms with Crippen LogP contribution in [0.3, 0.4) is 0 Å². The van der Waals surface area contributed by atoms with Crippen molar-refractivity contribution in [1.29, 1.82) is 0 Å². The highest BCUT2D eigenvalue weighted by molar-refractivity contribution is 7.92. The van der Waals surface area contributed by atoms with E-state index >= 15 is 0 Å². The zero-order valence-corrected chi connectivity index (χ0v) is 22.6. The fourth-order valence-electron chi connectivity index (χ4n) is 4.46. The summed E-state index contributed by atoms with van der Waals surface area (Å²) in [5, 5.41) is 22.7. The summed E-state index contributed by atoms with van der Waals surface area (Å²) in [6.45, 7) is 4.70. The zero-order chi connectivity index (χ0) is 27.0. The number of halogens is 2. The molecule has 10 nitrogen and oxygen atoms in total. The van der Waals surface area contributed by atoms with Crippen LogP contribution in [0, 0.1) is 6.92 Å². The number of benzene rings is 2. The number of hydrogen-bond donors (Lipinski definition) is 2. The van der Waals surface area contributed by atoms with Gasteiger partial charge < -0.3 is 15.3 Å². The summed E-state index contributed by atoms with van der Waals surface area (Å²) in [6, 6.07) is 12.6. The summed E-state index contributed by atoms with van der Waals surface area (Å²) in [6.07, 6.45) is 1.82. The van der Waals surface area contributed by atoms with Crippen LogP contribution < -0.4 is 14.5 Å². The van der Waals surface area contributed by atoms with Gasteiger partial charge in [-0.3, -0.25) is 13.7 Å². The molecule has 5 rings (SSSR count). The standard InChI is InChI=1S/C25H24Cl2N6O4S/c1-16-10-23(31-8-5-28-6-9-31)29-30-25(16)32-7-4-17-11-20(2-3-22(17)32)33(15-24(34)35)38(36,37)21-13-18(26)12-19(27)14-21/h2-4,7,10-14,28H,5-6,8-9,15H2,1H3,(H,34,35). The third kappa shape index (κ3) is 5.14. The molecule has 1 aliphatic rings. The van der Waals surface area contributed by atoms with Crippen molar-refractivity contribution >= 4 is 61.6 Å². The lowest BCUT2D eigenvalue weighted by atomic mass is 10.2. The van der Waals surface area contributed by atoms with Crippen molar-refractivity contribution in [2.24, 2.45) is 0 Å². The number of aryl methyl sites for hydroxylation is 1. The lowest BCUT2D eigenvalue weighted by Gasteiger charge is -2.28. The fourth-order valence-corrected chi connectivity index (χ4v) is 6.60. The normalized spacial score (nSPS) is 14.1. The number of hydrogen-bond acceptors (Lipinski definition) is 7. The average Bonchev–Trinajstić information content (AvgIpc) is 3.30. The number of anilines is 2. The van der Waals surface area contributed by atoms with Gasteiger partial charge in [0.2, 0.25) is 0 Å². The second kappa shape index (κ2) is 10.4. The van der Waals surface area contributed by atoms with Crippen LogP contribution in [0.5, 0.6) is 0 Å². The molecule has 0 saturated carbocycles. The molecule has 1 saturated heterocycles. The van der Waals surface area contributed by atoms with Gasteiger partial charge in [0, 0.05) is 47.8 Å². The minimum absolute atomic E-state index is 0.123. The number of carboxylic acid groups (broad SMARTS) is 1. The van der Waals surface area contributed by atoms with Crippen molar-refractivity contribution in [1.82, 2.24) is 20.1 Å². The first-order chi connectivity index (χ1) is 18.1. The Bertz CT molecular complexity index is 1620. The molecule has 0 unspecified atom stereocenters. The fraction of sp³-hybridized carbons (Fsp3) is 0.240. The number of fused-ring (bicyclic) bond motifs is 1. The van der Waals surface area contributed by atoms with E-state index < -0.39 is 22.5 Å². The minimum Gasteiger partial charge on any atom is -0.480 e. The molecule has 3 heterocycles. The summed E-state index contributed by atoms with van der Waals surface area (Å²) >= 11 is 12.0. The maximum absolute atomic E-state index is 13.5. The van der Waals surface area contributed by atoms with E-state index in [0.717, 1.165) is 47.4 Å². The molecule has 0 aliphatic carbocycles. The van der Waals surface area contributed by atoms with Crippen LogP contribution >= 0.6 is 23.2 Å². The number of nitrogens with zero attached hydrogens (tertiary/aromatic N) is 5. The van der Waals surface area contributed by atoms with Crippen LogP contribution in [-0.4, -0.2) is 67.0 Å². The molecular weight excluding hydrogens is 551 g/mol. The third-order valence-corrected chi connectivity index (χ3v) is 8.47. The molecule has 2 aromatic carbocycles. The Morgan fingerprint density at radius 1 is 1.05 bits per heavy atom. The van der Waals surface area contributed by atoms with Gasteiger partial charge in [0.1, 0.15) is 6.54 Å². The largest absolute Gasteiger partial charge is 0.480 e. The topological polar surface area (TPSA) is 121 Å². The average molecular weight is 575 g/mol. The van der Waals surface area contributed by atoms with E-state index in [1.165, 1.54) is 18.2 Å². The van der Waals surface area contributed by atoms with Gasteiger partial charge in [0.15, 0.2) is 11.6 Å². The Hall–Kier alpha value is -3.38. The highest BCUT2D eigenvalue weighted by Crippen LogP contribution is 2.31. The molecule has 13 heteroatoms. The van der Waals surface area contributed by atoms with Crippen molar-refractivity contribution in [3.8, 4) is 5.82 Å². The number of rotatable bonds is 7. The first kappa shape index (κ1) is 26.2. The molecule has 0 bridgehead atoms. The predicted octanol–water partition coefficient (Wildman–Crippen LogP) is 3.73. The van der Waals surface area contributed by atoms with Gasteiger partial charge >= 0.3 is 5.97 Å². The number of carboxylic acids is 1. The number of aliphatic carboxylic acids is 1. The molecule has 4 aromatic rings. The molecule has 2 aromatic heterocycles. The number of piperazine rings is 1. The summed E-state index contributed by atoms with van der Waals surface area (Å²) < 4.78 is 29.6. The first-order valence-electron chi connectivity index (χ1n) is 11.8. The number of aromatic nitrogens is 3. The van der Waals surface area contributed by atoms with E-state index in [1.807, 2.05) is 29.8 Å². The van der Waals surface area contributed by atoms with Crippen LogP contribution in [0.15, 0.2) is 59.6 Å². The quantitative estimate of drug-likeness (QED) is 0.342. The molecule has 198 valence electrons. The molecule has 0 atom stereocenters. The Kier molecular flexibility index (Phi) is 7.19. The van der Waals surface area contributed by atoms with Crippen LogP contribution in [0.25, 0.3) is 16.7 Å². The van der Waals surface area contributed by atoms with E-state index in [4.69, 9.17) is 23.2 Å². The maximum atomic E-state index is 13.5. The second-order valence-corrected chi connectivity index (χ2v) is 11.6. The lowest BCUT2D eigenvalue weighted by Crippen LogP contribution is -2.44. The van der Waals surface area contributed by atoms with E-state index in [2.05, 4.69) is 20.4 Å². The smallest absolute Gasteiger partial charge is 0.324 e. The monoisotopic (exact) mass is 574 g/mol. The van der Waals surface area contributed by atoms with Crippen molar-refractivity contribution in [2.75, 3.05) is 41.9 Å². The van der Waals surface area contributed by atoms with Crippen molar-refractivity contribution < 1.29 is 18.3 Å². The Balaban J connectivity index is 1.52. The number of sulfonamides is 1. The molecule has 38 heavy (non-hydrogen) atoms. The molecule has 0 amide bonds. The van der Waals surface area contributed by atoms with Gasteiger partial charge in [0.05, 0.1) is 16.1 Å². The van der Waals surface area contributed by atoms with Gasteiger partial charge in [-0.05, 0) is 61.0 Å². The van der Waals surface area contributed by atoms with Gasteiger partial charge in [-0.1, -0.05) is 23.2 Å². The number of nitrogens with one attached hydrogen (secondary N) is 1. The molecule has 0 radical (unpaired) electrons. The highest BCUT2D eigenvalue weighted by atomic mass is 35.5. The highest BCUT2D eigenvalue weighted by Gasteiger charge is 2.28. The van der Waals surface area contributed by atoms with Crippen LogP contribution in [-0.2, 0) is 14.8 Å². The summed E-state index contributed by atoms with van der Waals surface area (Å²) in [5.41, 5.74) is 1.88. The van der Waals surface area contributed by atoms with Crippen LogP contribution in [0.2, 0.25) is 10.0 Å². The lowest BCUT2D eigenvalue weighted by molar-refractivity contribution is -0.135. The SMILES string of the molecule is Cc1cc(N2CCNCC2)nnc1-n1ccc2cc(N(CC(=O)O)S(=O)(=O)c3cc(Cl)cc(Cl)c3)ccc21. The van der Waals surface area contributed by atoms with Crippen LogP contribution in [0.4, 0.5) is 11.5 Å². The van der Waals surface area contributed by atoms with Gasteiger partial charge in [-0.25, -0.2) is 8.42 Å². The summed E-state index contributed by atoms with van der Waals surface area (Å²) in [4.78, 5) is 13.6. The molecular formula is C25H24Cl2N6O4S. The van der Waals surface area contributed by atoms with Crippen LogP contribution in [0.1, 0.15) is 5.56 Å². The van der Waals surface area contributed by atoms with E-state index in [-0.39, 0.29) is 20.6 Å². The Morgan fingerprint density at radius 2 is 1.76 bits per heavy atom. The number of carbonyl (C=O) groups is 1. The van der Waals surface area contributed by atoms with Gasteiger partial charge in [0.25, 0.3) is 10.0 Å². The Labute approximate surface area is 229 Å².